The van der Waals surface area contributed by atoms with Crippen LogP contribution in [0.4, 0.5) is 13.2 Å². The van der Waals surface area contributed by atoms with Crippen molar-refractivity contribution in [2.45, 2.75) is 75.5 Å². The number of nitrogens with one attached hydrogen (secondary N) is 1. The van der Waals surface area contributed by atoms with Crippen molar-refractivity contribution >= 4 is 15.9 Å². The molecule has 0 bridgehead atoms. The second-order valence-corrected chi connectivity index (χ2v) is 11.4. The number of likely N-dealkylation sites (tertiary alicyclic amines) is 1. The number of nitrogens with zero attached hydrogens (tertiary/aromatic N) is 1. The first-order valence-corrected chi connectivity index (χ1v) is 13.6. The summed E-state index contributed by atoms with van der Waals surface area (Å²) in [6, 6.07) is 0.828. The van der Waals surface area contributed by atoms with E-state index in [1.165, 1.54) is 0 Å². The van der Waals surface area contributed by atoms with E-state index in [0.29, 0.717) is 44.7 Å². The van der Waals surface area contributed by atoms with Gasteiger partial charge in [-0.2, -0.15) is 0 Å². The summed E-state index contributed by atoms with van der Waals surface area (Å²) in [7, 11) is -3.44. The van der Waals surface area contributed by atoms with Crippen LogP contribution in [0.1, 0.15) is 62.8 Å². The van der Waals surface area contributed by atoms with Gasteiger partial charge in [-0.05, 0) is 68.9 Å². The first-order valence-electron chi connectivity index (χ1n) is 11.7. The van der Waals surface area contributed by atoms with Gasteiger partial charge in [-0.1, -0.05) is 0 Å². The smallest absolute Gasteiger partial charge is 0.226 e. The van der Waals surface area contributed by atoms with Crippen molar-refractivity contribution in [2.75, 3.05) is 19.4 Å². The lowest BCUT2D eigenvalue weighted by Gasteiger charge is -2.42. The minimum absolute atomic E-state index is 0.0292. The van der Waals surface area contributed by atoms with Crippen LogP contribution in [-0.2, 0) is 19.6 Å². The molecule has 0 unspecified atom stereocenters. The number of sulfonamides is 1. The molecule has 1 aliphatic heterocycles. The summed E-state index contributed by atoms with van der Waals surface area (Å²) < 4.78 is 73.9. The van der Waals surface area contributed by atoms with Crippen LogP contribution in [0, 0.1) is 23.4 Å². The van der Waals surface area contributed by atoms with Crippen molar-refractivity contribution in [1.29, 1.82) is 0 Å². The first-order chi connectivity index (χ1) is 15.6. The molecular weight excluding hydrogens is 457 g/mol. The zero-order valence-corrected chi connectivity index (χ0v) is 19.6. The van der Waals surface area contributed by atoms with Crippen molar-refractivity contribution in [2.24, 2.45) is 5.92 Å². The van der Waals surface area contributed by atoms with Crippen LogP contribution < -0.4 is 4.72 Å². The average Bonchev–Trinajstić information content (AvgIpc) is 3.59. The fourth-order valence-electron chi connectivity index (χ4n) is 5.16. The maximum Gasteiger partial charge on any atom is 0.226 e. The molecule has 0 aromatic heterocycles. The first kappa shape index (κ1) is 24.5. The second-order valence-electron chi connectivity index (χ2n) is 9.61. The quantitative estimate of drug-likeness (QED) is 0.597. The summed E-state index contributed by atoms with van der Waals surface area (Å²) in [6.45, 7) is 0.798. The van der Waals surface area contributed by atoms with Crippen LogP contribution in [0.5, 0.6) is 0 Å². The van der Waals surface area contributed by atoms with E-state index < -0.39 is 33.5 Å². The minimum atomic E-state index is -3.44. The molecule has 6 nitrogen and oxygen atoms in total. The minimum Gasteiger partial charge on any atom is -0.376 e. The fraction of sp³-hybridized carbons (Fsp3) is 0.696. The molecule has 1 N–H and O–H groups in total. The molecule has 0 radical (unpaired) electrons. The van der Waals surface area contributed by atoms with Crippen molar-refractivity contribution in [3.63, 3.8) is 0 Å². The van der Waals surface area contributed by atoms with Crippen LogP contribution in [0.15, 0.2) is 12.1 Å². The molecule has 3 fully saturated rings. The van der Waals surface area contributed by atoms with E-state index in [1.54, 1.807) is 4.90 Å². The van der Waals surface area contributed by atoms with Crippen LogP contribution in [0.25, 0.3) is 0 Å². The molecule has 184 valence electrons. The third-order valence-electron chi connectivity index (χ3n) is 6.99. The molecule has 2 atom stereocenters. The van der Waals surface area contributed by atoms with Crippen LogP contribution in [0.2, 0.25) is 0 Å². The molecule has 10 heteroatoms. The Kier molecular flexibility index (Phi) is 7.35. The number of hydrogen-bond donors (Lipinski definition) is 1. The molecule has 2 saturated carbocycles. The van der Waals surface area contributed by atoms with Crippen molar-refractivity contribution in [1.82, 2.24) is 9.62 Å². The highest BCUT2D eigenvalue weighted by atomic mass is 32.2. The van der Waals surface area contributed by atoms with E-state index >= 15 is 0 Å². The van der Waals surface area contributed by atoms with Gasteiger partial charge in [0.15, 0.2) is 11.6 Å². The Bertz CT molecular complexity index is 978. The van der Waals surface area contributed by atoms with E-state index in [-0.39, 0.29) is 42.1 Å². The molecule has 2 aliphatic carbocycles. The van der Waals surface area contributed by atoms with Gasteiger partial charge >= 0.3 is 0 Å². The molecule has 33 heavy (non-hydrogen) atoms. The van der Waals surface area contributed by atoms with Crippen LogP contribution >= 0.6 is 0 Å². The highest BCUT2D eigenvalue weighted by molar-refractivity contribution is 7.88. The monoisotopic (exact) mass is 488 g/mol. The van der Waals surface area contributed by atoms with Crippen LogP contribution in [-0.4, -0.2) is 56.8 Å². The molecule has 1 heterocycles. The van der Waals surface area contributed by atoms with E-state index in [9.17, 15) is 26.4 Å². The molecule has 1 aromatic rings. The van der Waals surface area contributed by atoms with E-state index in [0.717, 1.165) is 31.6 Å². The number of rotatable bonds is 7. The zero-order valence-electron chi connectivity index (χ0n) is 18.7. The van der Waals surface area contributed by atoms with Gasteiger partial charge in [0.2, 0.25) is 15.9 Å². The molecule has 1 amide bonds. The van der Waals surface area contributed by atoms with Gasteiger partial charge in [0.05, 0.1) is 25.0 Å². The zero-order chi connectivity index (χ0) is 23.8. The molecule has 4 rings (SSSR count). The average molecular weight is 489 g/mol. The number of carbonyl (C=O) groups excluding carboxylic acids is 1. The third kappa shape index (κ3) is 6.08. The number of amides is 1. The number of halogens is 3. The summed E-state index contributed by atoms with van der Waals surface area (Å²) in [4.78, 5) is 14.6. The molecular formula is C23H31F3N2O4S. The summed E-state index contributed by atoms with van der Waals surface area (Å²) in [6.07, 6.45) is 6.32. The third-order valence-corrected chi connectivity index (χ3v) is 7.72. The van der Waals surface area contributed by atoms with Gasteiger partial charge in [0.25, 0.3) is 0 Å². The maximum atomic E-state index is 14.2. The molecule has 1 saturated heterocycles. The SMILES string of the molecule is CS(=O)(=O)N[C@H]1CCCN(C(=O)C2CC2)[C@H]1COC1CCC(c2cc(F)cc(F)c2F)CC1. The number of carbonyl (C=O) groups is 1. The Labute approximate surface area is 192 Å². The Hall–Kier alpha value is -1.65. The summed E-state index contributed by atoms with van der Waals surface area (Å²) in [5.41, 5.74) is 0.0665. The van der Waals surface area contributed by atoms with Gasteiger partial charge in [-0.15, -0.1) is 0 Å². The Morgan fingerprint density at radius 3 is 2.42 bits per heavy atom. The van der Waals surface area contributed by atoms with Gasteiger partial charge in [0, 0.05) is 24.6 Å². The maximum absolute atomic E-state index is 14.2. The van der Waals surface area contributed by atoms with Crippen molar-refractivity contribution in [3.05, 3.63) is 35.1 Å². The highest BCUT2D eigenvalue weighted by Gasteiger charge is 2.42. The highest BCUT2D eigenvalue weighted by Crippen LogP contribution is 2.37. The standard InChI is InChI=1S/C23H31F3N2O4S/c1-33(30,31)27-20-3-2-10-28(23(29)15-4-5-15)21(20)13-32-17-8-6-14(7-9-17)18-11-16(24)12-19(25)22(18)26/h11-12,14-15,17,20-21,27H,2-10,13H2,1H3/t14?,17?,20-,21-/m0/s1. The fourth-order valence-corrected chi connectivity index (χ4v) is 5.99. The van der Waals surface area contributed by atoms with E-state index in [2.05, 4.69) is 4.72 Å². The van der Waals surface area contributed by atoms with Gasteiger partial charge in [-0.3, -0.25) is 4.79 Å². The summed E-state index contributed by atoms with van der Waals surface area (Å²) in [5.74, 6) is -3.14. The molecule has 3 aliphatic rings. The molecule has 0 spiro atoms. The number of ether oxygens (including phenoxy) is 1. The van der Waals surface area contributed by atoms with Gasteiger partial charge in [-0.25, -0.2) is 26.3 Å². The number of piperidine rings is 1. The van der Waals surface area contributed by atoms with Crippen molar-refractivity contribution < 1.29 is 31.1 Å². The Morgan fingerprint density at radius 1 is 1.09 bits per heavy atom. The largest absolute Gasteiger partial charge is 0.376 e. The van der Waals surface area contributed by atoms with Crippen molar-refractivity contribution in [3.8, 4) is 0 Å². The predicted octanol–water partition coefficient (Wildman–Crippen LogP) is 3.47. The summed E-state index contributed by atoms with van der Waals surface area (Å²) >= 11 is 0. The van der Waals surface area contributed by atoms with E-state index in [1.807, 2.05) is 0 Å². The summed E-state index contributed by atoms with van der Waals surface area (Å²) in [5, 5.41) is 0. The lowest BCUT2D eigenvalue weighted by Crippen LogP contribution is -2.59. The lowest BCUT2D eigenvalue weighted by atomic mass is 9.82. The lowest BCUT2D eigenvalue weighted by molar-refractivity contribution is -0.139. The molecule has 1 aromatic carbocycles. The number of hydrogen-bond acceptors (Lipinski definition) is 4. The predicted molar refractivity (Wildman–Crippen MR) is 116 cm³/mol. The van der Waals surface area contributed by atoms with Gasteiger partial charge < -0.3 is 9.64 Å². The number of benzene rings is 1. The van der Waals surface area contributed by atoms with E-state index in [4.69, 9.17) is 4.74 Å². The van der Waals surface area contributed by atoms with Gasteiger partial charge in [0.1, 0.15) is 5.82 Å². The second kappa shape index (κ2) is 9.92. The topological polar surface area (TPSA) is 75.7 Å². The Morgan fingerprint density at radius 2 is 1.79 bits per heavy atom. The normalized spacial score (nSPS) is 28.7. The van der Waals surface area contributed by atoms with Crippen LogP contribution in [0.3, 0.4) is 0 Å². The Balaban J connectivity index is 1.38.